The second-order valence-electron chi connectivity index (χ2n) is 6.61. The smallest absolute Gasteiger partial charge is 0.297 e. The lowest BCUT2D eigenvalue weighted by Gasteiger charge is -2.18. The Balaban J connectivity index is 1.83. The van der Waals surface area contributed by atoms with Crippen molar-refractivity contribution in [1.82, 2.24) is 0 Å². The summed E-state index contributed by atoms with van der Waals surface area (Å²) in [7, 11) is 0. The van der Waals surface area contributed by atoms with Gasteiger partial charge >= 0.3 is 6.18 Å². The van der Waals surface area contributed by atoms with Crippen LogP contribution < -0.4 is 0 Å². The molecule has 2 aromatic carbocycles. The normalized spacial score (nSPS) is 19.2. The summed E-state index contributed by atoms with van der Waals surface area (Å²) in [6, 6.07) is 9.31. The fourth-order valence-corrected chi connectivity index (χ4v) is 4.03. The molecule has 7 heteroatoms. The van der Waals surface area contributed by atoms with E-state index in [0.29, 0.717) is 16.4 Å². The zero-order valence-electron chi connectivity index (χ0n) is 14.8. The van der Waals surface area contributed by atoms with E-state index in [1.807, 2.05) is 5.92 Å². The third kappa shape index (κ3) is 4.12. The minimum Gasteiger partial charge on any atom is -0.297 e. The maximum atomic E-state index is 13.2. The number of hydrogen-bond donors (Lipinski definition) is 0. The standard InChI is InChI=1S/C21H15F4NOS/c1-3-14-5-4-13(10-17(14)21(23,24)25)11-18(27)20(2)12-28-19(26-20)15-6-8-16(22)9-7-15/h1,4-10H,11-12H2,2H3. The highest BCUT2D eigenvalue weighted by Gasteiger charge is 2.39. The quantitative estimate of drug-likeness (QED) is 0.536. The molecule has 0 N–H and O–H groups in total. The number of aliphatic imine (C=N–C) groups is 1. The van der Waals surface area contributed by atoms with Gasteiger partial charge in [-0.25, -0.2) is 4.39 Å². The Morgan fingerprint density at radius 1 is 1.25 bits per heavy atom. The number of ketones is 1. The first-order valence-electron chi connectivity index (χ1n) is 8.31. The number of Topliss-reactive ketones (excluding diaryl/α,β-unsaturated/α-hetero) is 1. The summed E-state index contributed by atoms with van der Waals surface area (Å²) >= 11 is 1.36. The fourth-order valence-electron chi connectivity index (χ4n) is 2.82. The summed E-state index contributed by atoms with van der Waals surface area (Å²) in [4.78, 5) is 17.3. The van der Waals surface area contributed by atoms with Gasteiger partial charge in [0.05, 0.1) is 10.6 Å². The Morgan fingerprint density at radius 2 is 1.93 bits per heavy atom. The summed E-state index contributed by atoms with van der Waals surface area (Å²) in [5, 5.41) is 0.606. The van der Waals surface area contributed by atoms with Crippen molar-refractivity contribution in [1.29, 1.82) is 0 Å². The average molecular weight is 405 g/mol. The zero-order valence-corrected chi connectivity index (χ0v) is 15.6. The molecule has 0 saturated carbocycles. The summed E-state index contributed by atoms with van der Waals surface area (Å²) < 4.78 is 52.6. The van der Waals surface area contributed by atoms with E-state index in [9.17, 15) is 22.4 Å². The van der Waals surface area contributed by atoms with Gasteiger partial charge in [0.25, 0.3) is 0 Å². The SMILES string of the molecule is C#Cc1ccc(CC(=O)C2(C)CSC(c3ccc(F)cc3)=N2)cc1C(F)(F)F. The van der Waals surface area contributed by atoms with Gasteiger partial charge < -0.3 is 0 Å². The van der Waals surface area contributed by atoms with Crippen molar-refractivity contribution < 1.29 is 22.4 Å². The lowest BCUT2D eigenvalue weighted by Crippen LogP contribution is -2.35. The number of rotatable bonds is 4. The van der Waals surface area contributed by atoms with Gasteiger partial charge in [-0.3, -0.25) is 9.79 Å². The Bertz CT molecular complexity index is 989. The van der Waals surface area contributed by atoms with Crippen LogP contribution in [0.1, 0.15) is 29.2 Å². The molecule has 1 unspecified atom stereocenters. The summed E-state index contributed by atoms with van der Waals surface area (Å²) in [6.07, 6.45) is 0.353. The molecule has 0 aromatic heterocycles. The van der Waals surface area contributed by atoms with E-state index >= 15 is 0 Å². The third-order valence-corrected chi connectivity index (χ3v) is 5.75. The van der Waals surface area contributed by atoms with Crippen molar-refractivity contribution in [2.24, 2.45) is 4.99 Å². The zero-order chi connectivity index (χ0) is 20.5. The van der Waals surface area contributed by atoms with E-state index in [0.717, 1.165) is 6.07 Å². The van der Waals surface area contributed by atoms with Crippen molar-refractivity contribution in [2.45, 2.75) is 25.1 Å². The molecular weight excluding hydrogens is 390 g/mol. The number of thioether (sulfide) groups is 1. The predicted molar refractivity (Wildman–Crippen MR) is 102 cm³/mol. The van der Waals surface area contributed by atoms with E-state index in [4.69, 9.17) is 6.42 Å². The maximum absolute atomic E-state index is 13.2. The second-order valence-corrected chi connectivity index (χ2v) is 7.57. The van der Waals surface area contributed by atoms with E-state index < -0.39 is 17.3 Å². The third-order valence-electron chi connectivity index (χ3n) is 4.44. The van der Waals surface area contributed by atoms with Crippen LogP contribution in [0.2, 0.25) is 0 Å². The molecule has 0 aliphatic carbocycles. The summed E-state index contributed by atoms with van der Waals surface area (Å²) in [6.45, 7) is 1.65. The van der Waals surface area contributed by atoms with Crippen LogP contribution >= 0.6 is 11.8 Å². The van der Waals surface area contributed by atoms with Crippen LogP contribution in [0.15, 0.2) is 47.5 Å². The molecule has 0 spiro atoms. The molecule has 0 radical (unpaired) electrons. The van der Waals surface area contributed by atoms with Gasteiger partial charge in [-0.15, -0.1) is 18.2 Å². The van der Waals surface area contributed by atoms with Crippen LogP contribution in [0, 0.1) is 18.2 Å². The van der Waals surface area contributed by atoms with E-state index in [1.54, 1.807) is 19.1 Å². The number of halogens is 4. The molecule has 1 heterocycles. The van der Waals surface area contributed by atoms with Gasteiger partial charge in [0.2, 0.25) is 0 Å². The summed E-state index contributed by atoms with van der Waals surface area (Å²) in [5.41, 5.74) is -1.32. The van der Waals surface area contributed by atoms with Crippen molar-refractivity contribution in [3.05, 3.63) is 70.5 Å². The number of terminal acetylenes is 1. The van der Waals surface area contributed by atoms with Crippen molar-refractivity contribution in [3.8, 4) is 12.3 Å². The van der Waals surface area contributed by atoms with Crippen molar-refractivity contribution in [3.63, 3.8) is 0 Å². The second kappa shape index (κ2) is 7.44. The number of nitrogens with zero attached hydrogens (tertiary/aromatic N) is 1. The highest BCUT2D eigenvalue weighted by Crippen LogP contribution is 2.35. The highest BCUT2D eigenvalue weighted by molar-refractivity contribution is 8.14. The van der Waals surface area contributed by atoms with E-state index in [1.165, 1.54) is 36.0 Å². The number of carbonyl (C=O) groups excluding carboxylic acids is 1. The van der Waals surface area contributed by atoms with Gasteiger partial charge in [-0.05, 0) is 48.9 Å². The minimum atomic E-state index is -4.60. The lowest BCUT2D eigenvalue weighted by molar-refractivity contribution is -0.138. The van der Waals surface area contributed by atoms with Gasteiger partial charge in [-0.2, -0.15) is 13.2 Å². The van der Waals surface area contributed by atoms with Gasteiger partial charge in [0.15, 0.2) is 5.78 Å². The molecule has 1 atom stereocenters. The molecule has 28 heavy (non-hydrogen) atoms. The first-order valence-corrected chi connectivity index (χ1v) is 9.29. The van der Waals surface area contributed by atoms with Crippen molar-refractivity contribution >= 4 is 22.6 Å². The van der Waals surface area contributed by atoms with E-state index in [2.05, 4.69) is 4.99 Å². The molecule has 0 saturated heterocycles. The Hall–Kier alpha value is -2.59. The topological polar surface area (TPSA) is 29.4 Å². The van der Waals surface area contributed by atoms with Crippen LogP contribution in [0.4, 0.5) is 17.6 Å². The molecule has 0 amide bonds. The van der Waals surface area contributed by atoms with E-state index in [-0.39, 0.29) is 29.1 Å². The number of benzene rings is 2. The molecule has 0 bridgehead atoms. The molecule has 2 aromatic rings. The largest absolute Gasteiger partial charge is 0.417 e. The molecule has 3 rings (SSSR count). The molecular formula is C21H15F4NOS. The monoisotopic (exact) mass is 405 g/mol. The van der Waals surface area contributed by atoms with Gasteiger partial charge in [0.1, 0.15) is 11.4 Å². The van der Waals surface area contributed by atoms with Crippen LogP contribution in [-0.2, 0) is 17.4 Å². The number of alkyl halides is 3. The van der Waals surface area contributed by atoms with Gasteiger partial charge in [0, 0.05) is 23.3 Å². The first-order chi connectivity index (χ1) is 13.1. The van der Waals surface area contributed by atoms with Gasteiger partial charge in [-0.1, -0.05) is 12.0 Å². The molecule has 0 fully saturated rings. The maximum Gasteiger partial charge on any atom is 0.417 e. The number of carbonyl (C=O) groups is 1. The molecule has 144 valence electrons. The van der Waals surface area contributed by atoms with Crippen LogP contribution in [0.3, 0.4) is 0 Å². The summed E-state index contributed by atoms with van der Waals surface area (Å²) in [5.74, 6) is 1.72. The van der Waals surface area contributed by atoms with Crippen molar-refractivity contribution in [2.75, 3.05) is 5.75 Å². The van der Waals surface area contributed by atoms with Crippen LogP contribution in [-0.4, -0.2) is 22.1 Å². The molecule has 2 nitrogen and oxygen atoms in total. The fraction of sp³-hybridized carbons (Fsp3) is 0.238. The number of hydrogen-bond acceptors (Lipinski definition) is 3. The first kappa shape index (κ1) is 20.2. The molecule has 1 aliphatic rings. The predicted octanol–water partition coefficient (Wildman–Crippen LogP) is 4.89. The lowest BCUT2D eigenvalue weighted by atomic mass is 9.92. The van der Waals surface area contributed by atoms with Crippen LogP contribution in [0.5, 0.6) is 0 Å². The average Bonchev–Trinajstić information content (AvgIpc) is 3.05. The Kier molecular flexibility index (Phi) is 5.35. The van der Waals surface area contributed by atoms with Crippen LogP contribution in [0.25, 0.3) is 0 Å². The Morgan fingerprint density at radius 3 is 2.54 bits per heavy atom. The minimum absolute atomic E-state index is 0.189. The Labute approximate surface area is 164 Å². The molecule has 1 aliphatic heterocycles. The highest BCUT2D eigenvalue weighted by atomic mass is 32.2.